The second-order valence-corrected chi connectivity index (χ2v) is 7.70. The van der Waals surface area contributed by atoms with Gasteiger partial charge in [-0.1, -0.05) is 12.8 Å². The Bertz CT molecular complexity index is 375. The maximum Gasteiger partial charge on any atom is 0.0109 e. The molecule has 102 valence electrons. The lowest BCUT2D eigenvalue weighted by molar-refractivity contribution is 0.271. The van der Waals surface area contributed by atoms with Crippen LogP contribution in [0.3, 0.4) is 0 Å². The van der Waals surface area contributed by atoms with Crippen LogP contribution in [-0.2, 0) is 0 Å². The zero-order valence-electron chi connectivity index (χ0n) is 12.3. The Hall–Kier alpha value is -0.340. The van der Waals surface area contributed by atoms with Gasteiger partial charge in [0.2, 0.25) is 0 Å². The minimum absolute atomic E-state index is 0.243. The molecule has 0 aliphatic heterocycles. The molecule has 1 aromatic heterocycles. The highest BCUT2D eigenvalue weighted by Crippen LogP contribution is 2.41. The first-order valence-electron chi connectivity index (χ1n) is 7.26. The van der Waals surface area contributed by atoms with E-state index in [0.29, 0.717) is 0 Å². The summed E-state index contributed by atoms with van der Waals surface area (Å²) in [4.78, 5) is 1.65. The molecule has 0 saturated heterocycles. The molecule has 1 aliphatic carbocycles. The summed E-state index contributed by atoms with van der Waals surface area (Å²) >= 11 is 1.97. The average molecular weight is 265 g/mol. The van der Waals surface area contributed by atoms with E-state index in [9.17, 15) is 0 Å². The van der Waals surface area contributed by atoms with Crippen molar-refractivity contribution in [2.75, 3.05) is 6.54 Å². The molecule has 1 heterocycles. The Labute approximate surface area is 116 Å². The molecule has 0 aromatic carbocycles. The Kier molecular flexibility index (Phi) is 4.50. The van der Waals surface area contributed by atoms with Gasteiger partial charge < -0.3 is 5.32 Å². The standard InChI is InChI=1S/C16H27NS/c1-12-9-10-18-15(12)14-8-6-5-7-13(14)11-17-16(2,3)4/h9-10,13-14,17H,5-8,11H2,1-4H3. The van der Waals surface area contributed by atoms with E-state index >= 15 is 0 Å². The maximum absolute atomic E-state index is 3.71. The van der Waals surface area contributed by atoms with Gasteiger partial charge in [-0.05, 0) is 75.9 Å². The lowest BCUT2D eigenvalue weighted by Crippen LogP contribution is -2.41. The number of nitrogens with one attached hydrogen (secondary N) is 1. The van der Waals surface area contributed by atoms with Gasteiger partial charge in [-0.3, -0.25) is 0 Å². The lowest BCUT2D eigenvalue weighted by Gasteiger charge is -2.34. The fourth-order valence-corrected chi connectivity index (χ4v) is 4.16. The molecule has 2 atom stereocenters. The highest BCUT2D eigenvalue weighted by Gasteiger charge is 2.28. The van der Waals surface area contributed by atoms with Crippen molar-refractivity contribution in [3.8, 4) is 0 Å². The summed E-state index contributed by atoms with van der Waals surface area (Å²) in [6.07, 6.45) is 5.61. The van der Waals surface area contributed by atoms with Crippen molar-refractivity contribution in [1.29, 1.82) is 0 Å². The molecule has 1 aliphatic rings. The molecule has 1 saturated carbocycles. The fourth-order valence-electron chi connectivity index (χ4n) is 3.00. The lowest BCUT2D eigenvalue weighted by atomic mass is 9.77. The van der Waals surface area contributed by atoms with E-state index in [2.05, 4.69) is 44.5 Å². The summed E-state index contributed by atoms with van der Waals surface area (Å²) in [6, 6.07) is 2.28. The van der Waals surface area contributed by atoms with Crippen LogP contribution in [0.1, 0.15) is 62.8 Å². The summed E-state index contributed by atoms with van der Waals surface area (Å²) in [5.74, 6) is 1.63. The van der Waals surface area contributed by atoms with Gasteiger partial charge >= 0.3 is 0 Å². The molecule has 0 spiro atoms. The van der Waals surface area contributed by atoms with E-state index < -0.39 is 0 Å². The van der Waals surface area contributed by atoms with Gasteiger partial charge in [-0.25, -0.2) is 0 Å². The molecule has 0 radical (unpaired) electrons. The topological polar surface area (TPSA) is 12.0 Å². The third kappa shape index (κ3) is 3.58. The second-order valence-electron chi connectivity index (χ2n) is 6.75. The monoisotopic (exact) mass is 265 g/mol. The normalized spacial score (nSPS) is 25.3. The molecule has 1 fully saturated rings. The molecule has 0 amide bonds. The van der Waals surface area contributed by atoms with Crippen LogP contribution in [0.5, 0.6) is 0 Å². The molecule has 1 nitrogen and oxygen atoms in total. The first kappa shape index (κ1) is 14.1. The first-order chi connectivity index (χ1) is 8.47. The van der Waals surface area contributed by atoms with Crippen LogP contribution >= 0.6 is 11.3 Å². The molecular weight excluding hydrogens is 238 g/mol. The zero-order chi connectivity index (χ0) is 13.2. The largest absolute Gasteiger partial charge is 0.312 e. The van der Waals surface area contributed by atoms with Crippen molar-refractivity contribution < 1.29 is 0 Å². The second kappa shape index (κ2) is 5.75. The minimum Gasteiger partial charge on any atom is -0.312 e. The summed E-state index contributed by atoms with van der Waals surface area (Å²) < 4.78 is 0. The van der Waals surface area contributed by atoms with Crippen molar-refractivity contribution in [2.24, 2.45) is 5.92 Å². The number of hydrogen-bond acceptors (Lipinski definition) is 2. The molecule has 0 bridgehead atoms. The number of hydrogen-bond donors (Lipinski definition) is 1. The van der Waals surface area contributed by atoms with Crippen LogP contribution < -0.4 is 5.32 Å². The smallest absolute Gasteiger partial charge is 0.0109 e. The van der Waals surface area contributed by atoms with E-state index in [1.54, 1.807) is 4.88 Å². The Balaban J connectivity index is 2.05. The van der Waals surface area contributed by atoms with Crippen molar-refractivity contribution in [3.63, 3.8) is 0 Å². The van der Waals surface area contributed by atoms with Crippen molar-refractivity contribution in [1.82, 2.24) is 5.32 Å². The third-order valence-electron chi connectivity index (χ3n) is 4.04. The maximum atomic E-state index is 3.71. The predicted octanol–water partition coefficient (Wildman–Crippen LogP) is 4.72. The summed E-state index contributed by atoms with van der Waals surface area (Å²) in [7, 11) is 0. The SMILES string of the molecule is Cc1ccsc1C1CCCCC1CNC(C)(C)C. The zero-order valence-corrected chi connectivity index (χ0v) is 13.1. The Morgan fingerprint density at radius 1 is 1.28 bits per heavy atom. The van der Waals surface area contributed by atoms with Crippen LogP contribution in [0.15, 0.2) is 11.4 Å². The average Bonchev–Trinajstić information content (AvgIpc) is 2.72. The highest BCUT2D eigenvalue weighted by molar-refractivity contribution is 7.10. The number of rotatable bonds is 3. The summed E-state index contributed by atoms with van der Waals surface area (Å²) in [5, 5.41) is 5.97. The van der Waals surface area contributed by atoms with Gasteiger partial charge in [0.15, 0.2) is 0 Å². The van der Waals surface area contributed by atoms with Crippen LogP contribution in [0, 0.1) is 12.8 Å². The molecule has 1 N–H and O–H groups in total. The summed E-state index contributed by atoms with van der Waals surface area (Å²) in [5.41, 5.74) is 1.75. The summed E-state index contributed by atoms with van der Waals surface area (Å²) in [6.45, 7) is 10.2. The third-order valence-corrected chi connectivity index (χ3v) is 5.19. The molecule has 1 aromatic rings. The van der Waals surface area contributed by atoms with E-state index in [1.807, 2.05) is 11.3 Å². The van der Waals surface area contributed by atoms with Crippen molar-refractivity contribution in [3.05, 3.63) is 21.9 Å². The van der Waals surface area contributed by atoms with Crippen LogP contribution in [0.2, 0.25) is 0 Å². The van der Waals surface area contributed by atoms with Crippen molar-refractivity contribution in [2.45, 2.75) is 64.8 Å². The Morgan fingerprint density at radius 3 is 2.61 bits per heavy atom. The van der Waals surface area contributed by atoms with Crippen LogP contribution in [0.4, 0.5) is 0 Å². The molecule has 18 heavy (non-hydrogen) atoms. The van der Waals surface area contributed by atoms with Gasteiger partial charge in [-0.2, -0.15) is 0 Å². The van der Waals surface area contributed by atoms with Gasteiger partial charge in [0.05, 0.1) is 0 Å². The first-order valence-corrected chi connectivity index (χ1v) is 8.14. The fraction of sp³-hybridized carbons (Fsp3) is 0.750. The molecular formula is C16H27NS. The number of aryl methyl sites for hydroxylation is 1. The highest BCUT2D eigenvalue weighted by atomic mass is 32.1. The molecule has 2 rings (SSSR count). The van der Waals surface area contributed by atoms with E-state index in [-0.39, 0.29) is 5.54 Å². The quantitative estimate of drug-likeness (QED) is 0.834. The minimum atomic E-state index is 0.243. The van der Waals surface area contributed by atoms with Crippen molar-refractivity contribution >= 4 is 11.3 Å². The Morgan fingerprint density at radius 2 is 2.00 bits per heavy atom. The molecule has 2 heteroatoms. The molecule has 2 unspecified atom stereocenters. The van der Waals surface area contributed by atoms with Crippen LogP contribution in [-0.4, -0.2) is 12.1 Å². The van der Waals surface area contributed by atoms with Crippen LogP contribution in [0.25, 0.3) is 0 Å². The van der Waals surface area contributed by atoms with E-state index in [0.717, 1.165) is 11.8 Å². The van der Waals surface area contributed by atoms with Gasteiger partial charge in [0, 0.05) is 10.4 Å². The van der Waals surface area contributed by atoms with E-state index in [4.69, 9.17) is 0 Å². The van der Waals surface area contributed by atoms with Gasteiger partial charge in [0.1, 0.15) is 0 Å². The number of thiophene rings is 1. The van der Waals surface area contributed by atoms with Gasteiger partial charge in [-0.15, -0.1) is 11.3 Å². The van der Waals surface area contributed by atoms with Gasteiger partial charge in [0.25, 0.3) is 0 Å². The predicted molar refractivity (Wildman–Crippen MR) is 81.5 cm³/mol. The van der Waals surface area contributed by atoms with E-state index in [1.165, 1.54) is 37.8 Å².